The van der Waals surface area contributed by atoms with Crippen molar-refractivity contribution in [2.45, 2.75) is 30.7 Å². The minimum atomic E-state index is -5.04. The number of alkyl halides is 3. The second-order valence-corrected chi connectivity index (χ2v) is 8.26. The van der Waals surface area contributed by atoms with Crippen LogP contribution in [0.25, 0.3) is 11.1 Å². The lowest BCUT2D eigenvalue weighted by atomic mass is 9.96. The maximum Gasteiger partial charge on any atom is 0.419 e. The molecule has 0 spiro atoms. The molecule has 4 rings (SSSR count). The van der Waals surface area contributed by atoms with Crippen LogP contribution in [0.4, 0.5) is 22.4 Å². The molecule has 0 aliphatic heterocycles. The lowest BCUT2D eigenvalue weighted by Gasteiger charge is -2.22. The van der Waals surface area contributed by atoms with Crippen LogP contribution in [0.3, 0.4) is 0 Å². The second kappa shape index (κ2) is 10.1. The molecule has 5 nitrogen and oxygen atoms in total. The van der Waals surface area contributed by atoms with E-state index in [0.717, 1.165) is 34.4 Å². The predicted molar refractivity (Wildman–Crippen MR) is 120 cm³/mol. The van der Waals surface area contributed by atoms with Crippen molar-refractivity contribution in [1.29, 1.82) is 0 Å². The minimum Gasteiger partial charge on any atom is -0.449 e. The predicted octanol–water partition coefficient (Wildman–Crippen LogP) is 5.17. The molecule has 0 bridgehead atoms. The third-order valence-electron chi connectivity index (χ3n) is 6.07. The van der Waals surface area contributed by atoms with Crippen LogP contribution < -0.4 is 5.32 Å². The molecular weight excluding hydrogens is 466 g/mol. The van der Waals surface area contributed by atoms with Crippen LogP contribution in [0.2, 0.25) is 0 Å². The number of alkyl carbamates (subject to hydrolysis) is 1. The standard InChI is InChI=1S/C26H23F4NO4/c27-21-11-5-10-19(23(21)26(28,29)30)24(33)22(32)12-13-31-25(34)35-14-20-17-8-3-1-6-15(17)16-7-2-4-9-18(16)20/h1-11,20,22,24,32-33H,12-14H2,(H,31,34). The van der Waals surface area contributed by atoms with Crippen LogP contribution in [-0.2, 0) is 10.9 Å². The van der Waals surface area contributed by atoms with E-state index in [4.69, 9.17) is 4.74 Å². The summed E-state index contributed by atoms with van der Waals surface area (Å²) in [6.07, 6.45) is -9.76. The van der Waals surface area contributed by atoms with Crippen LogP contribution in [0.5, 0.6) is 0 Å². The lowest BCUT2D eigenvalue weighted by Crippen LogP contribution is -2.31. The van der Waals surface area contributed by atoms with E-state index in [1.54, 1.807) is 0 Å². The Balaban J connectivity index is 1.32. The van der Waals surface area contributed by atoms with E-state index in [1.165, 1.54) is 0 Å². The molecule has 3 aromatic rings. The normalized spacial score (nSPS) is 14.7. The first kappa shape index (κ1) is 24.7. The molecule has 0 aromatic heterocycles. The molecular formula is C26H23F4NO4. The van der Waals surface area contributed by atoms with Gasteiger partial charge in [0, 0.05) is 12.5 Å². The Morgan fingerprint density at radius 2 is 1.54 bits per heavy atom. The van der Waals surface area contributed by atoms with Crippen molar-refractivity contribution in [1.82, 2.24) is 5.32 Å². The summed E-state index contributed by atoms with van der Waals surface area (Å²) in [7, 11) is 0. The van der Waals surface area contributed by atoms with Crippen molar-refractivity contribution in [2.75, 3.05) is 13.2 Å². The summed E-state index contributed by atoms with van der Waals surface area (Å²) in [5.74, 6) is -1.69. The Morgan fingerprint density at radius 3 is 2.14 bits per heavy atom. The van der Waals surface area contributed by atoms with E-state index < -0.39 is 41.4 Å². The zero-order chi connectivity index (χ0) is 25.2. The highest BCUT2D eigenvalue weighted by Gasteiger charge is 2.39. The number of ether oxygens (including phenoxy) is 1. The number of aliphatic hydroxyl groups is 2. The minimum absolute atomic E-state index is 0.0727. The maximum atomic E-state index is 13.7. The van der Waals surface area contributed by atoms with E-state index in [1.807, 2.05) is 48.5 Å². The number of benzene rings is 3. The van der Waals surface area contributed by atoms with Gasteiger partial charge in [0.2, 0.25) is 0 Å². The quantitative estimate of drug-likeness (QED) is 0.401. The van der Waals surface area contributed by atoms with Crippen LogP contribution in [0, 0.1) is 5.82 Å². The van der Waals surface area contributed by atoms with Gasteiger partial charge in [-0.3, -0.25) is 0 Å². The molecule has 3 aromatic carbocycles. The molecule has 0 saturated heterocycles. The van der Waals surface area contributed by atoms with Gasteiger partial charge in [-0.25, -0.2) is 9.18 Å². The van der Waals surface area contributed by atoms with Gasteiger partial charge in [0.1, 0.15) is 18.5 Å². The first-order valence-corrected chi connectivity index (χ1v) is 11.0. The van der Waals surface area contributed by atoms with Crippen molar-refractivity contribution >= 4 is 6.09 Å². The summed E-state index contributed by atoms with van der Waals surface area (Å²) >= 11 is 0. The molecule has 0 saturated carbocycles. The third kappa shape index (κ3) is 5.16. The Bertz CT molecular complexity index is 1170. The van der Waals surface area contributed by atoms with Gasteiger partial charge in [-0.1, -0.05) is 60.7 Å². The Morgan fingerprint density at radius 1 is 0.943 bits per heavy atom. The van der Waals surface area contributed by atoms with E-state index in [0.29, 0.717) is 6.07 Å². The number of amides is 1. The van der Waals surface area contributed by atoms with Crippen LogP contribution in [0.1, 0.15) is 40.7 Å². The van der Waals surface area contributed by atoms with Crippen molar-refractivity contribution in [3.05, 3.63) is 94.8 Å². The topological polar surface area (TPSA) is 78.8 Å². The summed E-state index contributed by atoms with van der Waals surface area (Å²) in [6.45, 7) is -0.102. The highest BCUT2D eigenvalue weighted by Crippen LogP contribution is 2.44. The highest BCUT2D eigenvalue weighted by atomic mass is 19.4. The first-order valence-electron chi connectivity index (χ1n) is 11.0. The molecule has 1 aliphatic carbocycles. The number of fused-ring (bicyclic) bond motifs is 3. The molecule has 184 valence electrons. The van der Waals surface area contributed by atoms with Crippen LogP contribution in [-0.4, -0.2) is 35.6 Å². The van der Waals surface area contributed by atoms with Gasteiger partial charge in [-0.2, -0.15) is 13.2 Å². The van der Waals surface area contributed by atoms with Gasteiger partial charge >= 0.3 is 12.3 Å². The molecule has 9 heteroatoms. The molecule has 3 N–H and O–H groups in total. The number of carbonyl (C=O) groups excluding carboxylic acids is 1. The lowest BCUT2D eigenvalue weighted by molar-refractivity contribution is -0.142. The van der Waals surface area contributed by atoms with Crippen LogP contribution in [0.15, 0.2) is 66.7 Å². The van der Waals surface area contributed by atoms with Gasteiger partial charge in [0.05, 0.1) is 11.7 Å². The number of nitrogens with one attached hydrogen (secondary N) is 1. The van der Waals surface area contributed by atoms with Gasteiger partial charge in [0.15, 0.2) is 0 Å². The number of aliphatic hydroxyl groups excluding tert-OH is 2. The van der Waals surface area contributed by atoms with E-state index in [2.05, 4.69) is 5.32 Å². The van der Waals surface area contributed by atoms with E-state index in [-0.39, 0.29) is 25.5 Å². The summed E-state index contributed by atoms with van der Waals surface area (Å²) < 4.78 is 58.6. The van der Waals surface area contributed by atoms with Crippen molar-refractivity contribution in [2.24, 2.45) is 0 Å². The third-order valence-corrected chi connectivity index (χ3v) is 6.07. The Labute approximate surface area is 199 Å². The van der Waals surface area contributed by atoms with Gasteiger partial charge in [-0.15, -0.1) is 0 Å². The van der Waals surface area contributed by atoms with Crippen molar-refractivity contribution < 1.29 is 37.3 Å². The molecule has 1 aliphatic rings. The molecule has 2 unspecified atom stereocenters. The smallest absolute Gasteiger partial charge is 0.419 e. The monoisotopic (exact) mass is 489 g/mol. The highest BCUT2D eigenvalue weighted by molar-refractivity contribution is 5.79. The summed E-state index contributed by atoms with van der Waals surface area (Å²) in [6, 6.07) is 18.2. The first-order chi connectivity index (χ1) is 16.7. The van der Waals surface area contributed by atoms with Crippen LogP contribution >= 0.6 is 0 Å². The van der Waals surface area contributed by atoms with E-state index >= 15 is 0 Å². The average Bonchev–Trinajstić information content (AvgIpc) is 3.15. The Hall–Kier alpha value is -3.43. The van der Waals surface area contributed by atoms with Gasteiger partial charge < -0.3 is 20.3 Å². The fourth-order valence-corrected chi connectivity index (χ4v) is 4.42. The number of hydrogen-bond acceptors (Lipinski definition) is 4. The number of carbonyl (C=O) groups is 1. The van der Waals surface area contributed by atoms with Gasteiger partial charge in [0.25, 0.3) is 0 Å². The summed E-state index contributed by atoms with van der Waals surface area (Å²) in [5.41, 5.74) is 1.82. The molecule has 1 amide bonds. The zero-order valence-electron chi connectivity index (χ0n) is 18.4. The maximum absolute atomic E-state index is 13.7. The largest absolute Gasteiger partial charge is 0.449 e. The van der Waals surface area contributed by atoms with Gasteiger partial charge in [-0.05, 0) is 40.3 Å². The molecule has 0 fully saturated rings. The zero-order valence-corrected chi connectivity index (χ0v) is 18.4. The van der Waals surface area contributed by atoms with Crippen molar-refractivity contribution in [3.8, 4) is 11.1 Å². The summed E-state index contributed by atoms with van der Waals surface area (Å²) in [4.78, 5) is 12.2. The molecule has 2 atom stereocenters. The van der Waals surface area contributed by atoms with E-state index in [9.17, 15) is 32.6 Å². The second-order valence-electron chi connectivity index (χ2n) is 8.26. The fraction of sp³-hybridized carbons (Fsp3) is 0.269. The summed E-state index contributed by atoms with van der Waals surface area (Å²) in [5, 5.41) is 22.8. The molecule has 35 heavy (non-hydrogen) atoms. The Kier molecular flexibility index (Phi) is 7.09. The van der Waals surface area contributed by atoms with Crippen molar-refractivity contribution in [3.63, 3.8) is 0 Å². The number of rotatable bonds is 7. The average molecular weight is 489 g/mol. The number of halogens is 4. The SMILES string of the molecule is O=C(NCCC(O)C(O)c1cccc(F)c1C(F)(F)F)OCC1c2ccccc2-c2ccccc21. The molecule has 0 heterocycles. The number of hydrogen-bond donors (Lipinski definition) is 3. The fourth-order valence-electron chi connectivity index (χ4n) is 4.42. The molecule has 0 radical (unpaired) electrons.